The van der Waals surface area contributed by atoms with Gasteiger partial charge in [0.05, 0.1) is 12.2 Å². The van der Waals surface area contributed by atoms with Crippen LogP contribution in [0.3, 0.4) is 0 Å². The number of carboxylic acids is 2. The first-order valence-corrected chi connectivity index (χ1v) is 21.8. The molecule has 6 amide bonds. The molecule has 1 aromatic carbocycles. The van der Waals surface area contributed by atoms with E-state index < -0.39 is 120 Å². The zero-order chi connectivity index (χ0) is 48.0. The topological polar surface area (TPSA) is 318 Å². The van der Waals surface area contributed by atoms with Gasteiger partial charge in [-0.3, -0.25) is 33.6 Å². The van der Waals surface area contributed by atoms with Gasteiger partial charge < -0.3 is 62.3 Å². The van der Waals surface area contributed by atoms with Gasteiger partial charge in [0.1, 0.15) is 48.5 Å². The van der Waals surface area contributed by atoms with Crippen molar-refractivity contribution in [3.05, 3.63) is 48.0 Å². The molecule has 1 saturated heterocycles. The van der Waals surface area contributed by atoms with Gasteiger partial charge in [0, 0.05) is 19.9 Å². The number of piperidine rings is 1. The highest BCUT2D eigenvalue weighted by Gasteiger charge is 2.46. The Morgan fingerprint density at radius 1 is 0.844 bits per heavy atom. The number of aliphatic hydroxyl groups excluding tert-OH is 3. The summed E-state index contributed by atoms with van der Waals surface area (Å²) in [5, 5.41) is 61.0. The highest BCUT2D eigenvalue weighted by atomic mass is 16.4. The van der Waals surface area contributed by atoms with Gasteiger partial charge in [0.15, 0.2) is 0 Å². The van der Waals surface area contributed by atoms with E-state index in [4.69, 9.17) is 10.8 Å². The van der Waals surface area contributed by atoms with Crippen molar-refractivity contribution in [1.29, 1.82) is 0 Å². The molecule has 0 bridgehead atoms. The Morgan fingerprint density at radius 3 is 2.05 bits per heavy atom. The monoisotopic (exact) mass is 901 g/mol. The van der Waals surface area contributed by atoms with Gasteiger partial charge in [-0.15, -0.1) is 0 Å². The summed E-state index contributed by atoms with van der Waals surface area (Å²) in [6.07, 6.45) is 0.0198. The Balaban J connectivity index is 1.91. The maximum Gasteiger partial charge on any atom is 0.326 e. The SMILES string of the molecule is CC[C@H](C)[C@H](NC(=O)[C@H](Cc1ccccc1)N(C)C(=O)[C@H](C(C)C)N1C(=O)C(NC(=O)[C@H](CC2C=C[C@H](O)CC2)NC(=O)[C@@H](NC(=O)CC[C@H](N)C(=O)O)[C@@H](C)O)CC[C@@H]1O)C(=O)O. The maximum atomic E-state index is 14.6. The number of allylic oxidation sites excluding steroid dienone is 1. The van der Waals surface area contributed by atoms with E-state index in [1.807, 2.05) is 0 Å². The first-order chi connectivity index (χ1) is 30.1. The molecular formula is C44H67N7O13. The summed E-state index contributed by atoms with van der Waals surface area (Å²) in [6.45, 7) is 7.99. The van der Waals surface area contributed by atoms with Crippen LogP contribution < -0.4 is 27.0 Å². The van der Waals surface area contributed by atoms with Gasteiger partial charge in [-0.1, -0.05) is 76.6 Å². The van der Waals surface area contributed by atoms with Crippen LogP contribution in [-0.2, 0) is 44.8 Å². The van der Waals surface area contributed by atoms with Gasteiger partial charge in [-0.2, -0.15) is 0 Å². The zero-order valence-electron chi connectivity index (χ0n) is 37.4. The molecule has 20 nitrogen and oxygen atoms in total. The van der Waals surface area contributed by atoms with Crippen LogP contribution in [0.2, 0.25) is 0 Å². The third kappa shape index (κ3) is 14.8. The standard InChI is InChI=1S/C44H67N7O13/c1-7-24(4)35(44(63)64)49-39(57)32(22-26-11-9-8-10-12-26)50(6)42(60)37(23(2)3)51-34(55)20-18-30(41(51)59)46-38(56)31(21-27-13-15-28(53)16-14-27)47-40(58)36(25(5)52)48-33(54)19-17-29(45)43(61)62/h8-13,15,23-25,27-32,34-37,52-53,55H,7,14,16-22,45H2,1-6H3,(H,46,56)(H,47,58)(H,48,54)(H,49,57)(H,61,62)(H,63,64)/t24-,25+,27?,28-,29-,30?,31-,32-,34-,35-,36-,37-/m0/s1. The average Bonchev–Trinajstić information content (AvgIpc) is 3.24. The fourth-order valence-electron chi connectivity index (χ4n) is 7.81. The fourth-order valence-corrected chi connectivity index (χ4v) is 7.81. The molecular weight excluding hydrogens is 835 g/mol. The minimum absolute atomic E-state index is 0.0114. The summed E-state index contributed by atoms with van der Waals surface area (Å²) in [6, 6.07) is -0.682. The zero-order valence-corrected chi connectivity index (χ0v) is 37.4. The molecule has 2 aliphatic rings. The Labute approximate surface area is 373 Å². The summed E-state index contributed by atoms with van der Waals surface area (Å²) in [4.78, 5) is 109. The molecule has 20 heteroatoms. The van der Waals surface area contributed by atoms with Crippen molar-refractivity contribution < 1.29 is 63.9 Å². The number of aliphatic hydroxyl groups is 3. The second-order valence-electron chi connectivity index (χ2n) is 17.3. The van der Waals surface area contributed by atoms with Gasteiger partial charge in [0.2, 0.25) is 35.4 Å². The van der Waals surface area contributed by atoms with E-state index in [0.29, 0.717) is 24.8 Å². The van der Waals surface area contributed by atoms with Crippen LogP contribution in [0, 0.1) is 17.8 Å². The second-order valence-corrected chi connectivity index (χ2v) is 17.3. The number of aliphatic carboxylic acids is 2. The molecule has 1 aliphatic heterocycles. The van der Waals surface area contributed by atoms with E-state index >= 15 is 0 Å². The second kappa shape index (κ2) is 24.6. The van der Waals surface area contributed by atoms with Gasteiger partial charge in [-0.05, 0) is 68.8 Å². The van der Waals surface area contributed by atoms with Crippen molar-refractivity contribution >= 4 is 47.4 Å². The molecule has 64 heavy (non-hydrogen) atoms. The predicted octanol–water partition coefficient (Wildman–Crippen LogP) is -0.618. The number of carbonyl (C=O) groups is 8. The van der Waals surface area contributed by atoms with E-state index in [-0.39, 0.29) is 44.4 Å². The Kier molecular flexibility index (Phi) is 20.3. The highest BCUT2D eigenvalue weighted by Crippen LogP contribution is 2.27. The number of carbonyl (C=O) groups excluding carboxylic acids is 6. The summed E-state index contributed by atoms with van der Waals surface area (Å²) in [5.74, 6) is -8.85. The van der Waals surface area contributed by atoms with Gasteiger partial charge in [-0.25, -0.2) is 4.79 Å². The van der Waals surface area contributed by atoms with Crippen LogP contribution in [0.4, 0.5) is 0 Å². The summed E-state index contributed by atoms with van der Waals surface area (Å²) in [7, 11) is 1.36. The Morgan fingerprint density at radius 2 is 1.50 bits per heavy atom. The Bertz CT molecular complexity index is 1830. The normalized spacial score (nSPS) is 22.4. The predicted molar refractivity (Wildman–Crippen MR) is 231 cm³/mol. The van der Waals surface area contributed by atoms with E-state index in [9.17, 15) is 58.8 Å². The number of nitrogens with zero attached hydrogens (tertiary/aromatic N) is 2. The van der Waals surface area contributed by atoms with E-state index in [1.54, 1.807) is 70.2 Å². The molecule has 0 spiro atoms. The van der Waals surface area contributed by atoms with Crippen LogP contribution in [0.25, 0.3) is 0 Å². The van der Waals surface area contributed by atoms with Crippen LogP contribution >= 0.6 is 0 Å². The number of likely N-dealkylation sites (N-methyl/N-ethyl adjacent to an activating group) is 1. The lowest BCUT2D eigenvalue weighted by Gasteiger charge is -2.44. The molecule has 1 aliphatic carbocycles. The highest BCUT2D eigenvalue weighted by molar-refractivity contribution is 5.97. The van der Waals surface area contributed by atoms with Crippen molar-refractivity contribution in [2.45, 2.75) is 153 Å². The van der Waals surface area contributed by atoms with Crippen LogP contribution in [0.1, 0.15) is 91.5 Å². The largest absolute Gasteiger partial charge is 0.480 e. The molecule has 3 rings (SSSR count). The lowest BCUT2D eigenvalue weighted by Crippen LogP contribution is -2.66. The summed E-state index contributed by atoms with van der Waals surface area (Å²) < 4.78 is 0. The van der Waals surface area contributed by atoms with Crippen LogP contribution in [0.15, 0.2) is 42.5 Å². The first-order valence-electron chi connectivity index (χ1n) is 21.8. The lowest BCUT2D eigenvalue weighted by atomic mass is 9.88. The lowest BCUT2D eigenvalue weighted by molar-refractivity contribution is -0.167. The molecule has 1 fully saturated rings. The molecule has 0 saturated carbocycles. The quantitative estimate of drug-likeness (QED) is 0.0613. The number of benzene rings is 1. The van der Waals surface area contributed by atoms with Crippen molar-refractivity contribution in [2.75, 3.05) is 7.05 Å². The molecule has 0 radical (unpaired) electrons. The number of likely N-dealkylation sites (tertiary alicyclic amines) is 1. The first kappa shape index (κ1) is 52.9. The van der Waals surface area contributed by atoms with Crippen molar-refractivity contribution in [2.24, 2.45) is 23.5 Å². The number of carboxylic acid groups (broad SMARTS) is 2. The van der Waals surface area contributed by atoms with E-state index in [2.05, 4.69) is 21.3 Å². The van der Waals surface area contributed by atoms with Crippen molar-refractivity contribution in [3.63, 3.8) is 0 Å². The minimum Gasteiger partial charge on any atom is -0.480 e. The number of nitrogens with one attached hydrogen (secondary N) is 4. The van der Waals surface area contributed by atoms with E-state index in [1.165, 1.54) is 14.0 Å². The molecule has 0 aromatic heterocycles. The molecule has 1 heterocycles. The smallest absolute Gasteiger partial charge is 0.326 e. The number of amides is 6. The number of hydrogen-bond acceptors (Lipinski definition) is 12. The summed E-state index contributed by atoms with van der Waals surface area (Å²) in [5.41, 5.74) is 6.16. The average molecular weight is 902 g/mol. The van der Waals surface area contributed by atoms with Gasteiger partial charge in [0.25, 0.3) is 0 Å². The molecule has 11 N–H and O–H groups in total. The van der Waals surface area contributed by atoms with Crippen molar-refractivity contribution in [1.82, 2.24) is 31.1 Å². The molecule has 12 atom stereocenters. The molecule has 356 valence electrons. The van der Waals surface area contributed by atoms with Crippen LogP contribution in [0.5, 0.6) is 0 Å². The third-order valence-corrected chi connectivity index (χ3v) is 11.9. The molecule has 1 aromatic rings. The van der Waals surface area contributed by atoms with E-state index in [0.717, 1.165) is 9.80 Å². The minimum atomic E-state index is -1.58. The summed E-state index contributed by atoms with van der Waals surface area (Å²) >= 11 is 0. The van der Waals surface area contributed by atoms with Crippen molar-refractivity contribution in [3.8, 4) is 0 Å². The molecule has 2 unspecified atom stereocenters. The number of nitrogens with two attached hydrogens (primary N) is 1. The van der Waals surface area contributed by atoms with Gasteiger partial charge >= 0.3 is 11.9 Å². The number of rotatable bonds is 23. The fraction of sp³-hybridized carbons (Fsp3) is 0.636. The third-order valence-electron chi connectivity index (χ3n) is 11.9. The Hall–Kier alpha value is -5.44. The maximum absolute atomic E-state index is 14.6. The number of hydrogen-bond donors (Lipinski definition) is 10. The van der Waals surface area contributed by atoms with Crippen LogP contribution in [-0.4, -0.2) is 150 Å².